The van der Waals surface area contributed by atoms with Gasteiger partial charge in [0.05, 0.1) is 26.9 Å². The maximum Gasteiger partial charge on any atom is 0.161 e. The van der Waals surface area contributed by atoms with Crippen LogP contribution in [0.1, 0.15) is 49.3 Å². The minimum Gasteiger partial charge on any atom is -0.494 e. The van der Waals surface area contributed by atoms with E-state index in [1.54, 1.807) is 14.2 Å². The molecule has 2 aliphatic rings. The second-order valence-corrected chi connectivity index (χ2v) is 7.54. The Balaban J connectivity index is 1.64. The Kier molecular flexibility index (Phi) is 5.47. The molecule has 4 rings (SSSR count). The predicted molar refractivity (Wildman–Crippen MR) is 113 cm³/mol. The van der Waals surface area contributed by atoms with Crippen LogP contribution in [0.3, 0.4) is 0 Å². The van der Waals surface area contributed by atoms with Gasteiger partial charge in [-0.25, -0.2) is 0 Å². The third kappa shape index (κ3) is 3.44. The summed E-state index contributed by atoms with van der Waals surface area (Å²) in [4.78, 5) is 0. The number of fused-ring (bicyclic) bond motifs is 3. The number of rotatable bonds is 7. The number of methoxy groups -OCH3 is 2. The monoisotopic (exact) mass is 379 g/mol. The summed E-state index contributed by atoms with van der Waals surface area (Å²) < 4.78 is 16.9. The van der Waals surface area contributed by atoms with E-state index in [9.17, 15) is 0 Å². The first-order chi connectivity index (χ1) is 13.7. The van der Waals surface area contributed by atoms with Crippen molar-refractivity contribution in [3.8, 4) is 17.2 Å². The van der Waals surface area contributed by atoms with Crippen molar-refractivity contribution in [3.05, 3.63) is 59.7 Å². The van der Waals surface area contributed by atoms with E-state index in [1.165, 1.54) is 16.8 Å². The van der Waals surface area contributed by atoms with Gasteiger partial charge in [-0.05, 0) is 60.2 Å². The van der Waals surface area contributed by atoms with Gasteiger partial charge in [0.1, 0.15) is 5.75 Å². The highest BCUT2D eigenvalue weighted by atomic mass is 16.5. The molecule has 1 heterocycles. The zero-order chi connectivity index (χ0) is 19.5. The molecule has 0 radical (unpaired) electrons. The highest BCUT2D eigenvalue weighted by Gasteiger charge is 2.38. The molecule has 0 amide bonds. The molecule has 148 valence electrons. The largest absolute Gasteiger partial charge is 0.494 e. The SMILES string of the molecule is CCCCOc1ccc2c(c1)C1C=CCC1C(c1ccc(OC)c(OC)c1)N2. The van der Waals surface area contributed by atoms with Gasteiger partial charge in [-0.1, -0.05) is 31.6 Å². The summed E-state index contributed by atoms with van der Waals surface area (Å²) in [6.45, 7) is 2.96. The van der Waals surface area contributed by atoms with Gasteiger partial charge in [0.15, 0.2) is 11.5 Å². The fraction of sp³-hybridized carbons (Fsp3) is 0.417. The van der Waals surface area contributed by atoms with Crippen molar-refractivity contribution in [2.45, 2.75) is 38.1 Å². The minimum absolute atomic E-state index is 0.235. The molecule has 1 aliphatic heterocycles. The van der Waals surface area contributed by atoms with Crippen molar-refractivity contribution < 1.29 is 14.2 Å². The fourth-order valence-electron chi connectivity index (χ4n) is 4.37. The Morgan fingerprint density at radius 3 is 2.68 bits per heavy atom. The average molecular weight is 380 g/mol. The number of ether oxygens (including phenoxy) is 3. The van der Waals surface area contributed by atoms with E-state index in [4.69, 9.17) is 14.2 Å². The van der Waals surface area contributed by atoms with Crippen LogP contribution in [-0.4, -0.2) is 20.8 Å². The molecule has 1 aliphatic carbocycles. The molecule has 28 heavy (non-hydrogen) atoms. The van der Waals surface area contributed by atoms with Crippen LogP contribution in [0.4, 0.5) is 5.69 Å². The molecule has 3 unspecified atom stereocenters. The summed E-state index contributed by atoms with van der Waals surface area (Å²) in [5.74, 6) is 3.39. The molecular weight excluding hydrogens is 350 g/mol. The van der Waals surface area contributed by atoms with Crippen molar-refractivity contribution in [2.24, 2.45) is 5.92 Å². The minimum atomic E-state index is 0.235. The first-order valence-electron chi connectivity index (χ1n) is 10.2. The normalized spacial score (nSPS) is 22.2. The van der Waals surface area contributed by atoms with E-state index in [0.29, 0.717) is 11.8 Å². The fourth-order valence-corrected chi connectivity index (χ4v) is 4.37. The van der Waals surface area contributed by atoms with Gasteiger partial charge in [0.2, 0.25) is 0 Å². The number of benzene rings is 2. The first kappa shape index (κ1) is 18.7. The van der Waals surface area contributed by atoms with Crippen LogP contribution in [0.2, 0.25) is 0 Å². The van der Waals surface area contributed by atoms with E-state index in [1.807, 2.05) is 6.07 Å². The summed E-state index contributed by atoms with van der Waals surface area (Å²) in [5.41, 5.74) is 3.75. The van der Waals surface area contributed by atoms with Gasteiger partial charge in [0, 0.05) is 11.6 Å². The van der Waals surface area contributed by atoms with Gasteiger partial charge in [-0.15, -0.1) is 0 Å². The highest BCUT2D eigenvalue weighted by molar-refractivity contribution is 5.62. The van der Waals surface area contributed by atoms with Gasteiger partial charge >= 0.3 is 0 Å². The Morgan fingerprint density at radius 2 is 1.89 bits per heavy atom. The van der Waals surface area contributed by atoms with Crippen molar-refractivity contribution in [3.63, 3.8) is 0 Å². The second kappa shape index (κ2) is 8.17. The quantitative estimate of drug-likeness (QED) is 0.494. The topological polar surface area (TPSA) is 39.7 Å². The van der Waals surface area contributed by atoms with Gasteiger partial charge in [0.25, 0.3) is 0 Å². The third-order valence-corrected chi connectivity index (χ3v) is 5.87. The molecule has 0 aromatic heterocycles. The second-order valence-electron chi connectivity index (χ2n) is 7.54. The predicted octanol–water partition coefficient (Wildman–Crippen LogP) is 5.71. The lowest BCUT2D eigenvalue weighted by molar-refractivity contribution is 0.308. The average Bonchev–Trinajstić information content (AvgIpc) is 3.23. The molecule has 0 saturated carbocycles. The van der Waals surface area contributed by atoms with Crippen LogP contribution in [0, 0.1) is 5.92 Å². The van der Waals surface area contributed by atoms with Crippen molar-refractivity contribution in [1.29, 1.82) is 0 Å². The van der Waals surface area contributed by atoms with Gasteiger partial charge in [-0.3, -0.25) is 0 Å². The van der Waals surface area contributed by atoms with Crippen LogP contribution in [0.25, 0.3) is 0 Å². The summed E-state index contributed by atoms with van der Waals surface area (Å²) in [7, 11) is 3.36. The summed E-state index contributed by atoms with van der Waals surface area (Å²) in [5, 5.41) is 3.78. The van der Waals surface area contributed by atoms with Crippen LogP contribution in [0.5, 0.6) is 17.2 Å². The van der Waals surface area contributed by atoms with Crippen LogP contribution >= 0.6 is 0 Å². The Hall–Kier alpha value is -2.62. The smallest absolute Gasteiger partial charge is 0.161 e. The van der Waals surface area contributed by atoms with Crippen LogP contribution < -0.4 is 19.5 Å². The lowest BCUT2D eigenvalue weighted by atomic mass is 9.77. The number of hydrogen-bond acceptors (Lipinski definition) is 4. The maximum atomic E-state index is 5.95. The lowest BCUT2D eigenvalue weighted by Gasteiger charge is -2.37. The molecule has 1 N–H and O–H groups in total. The number of anilines is 1. The number of allylic oxidation sites excluding steroid dienone is 2. The molecule has 0 spiro atoms. The Labute approximate surface area is 167 Å². The zero-order valence-corrected chi connectivity index (χ0v) is 16.9. The van der Waals surface area contributed by atoms with Gasteiger partial charge in [-0.2, -0.15) is 0 Å². The van der Waals surface area contributed by atoms with E-state index in [0.717, 1.165) is 43.1 Å². The maximum absolute atomic E-state index is 5.95. The summed E-state index contributed by atoms with van der Waals surface area (Å²) in [6.07, 6.45) is 7.96. The number of unbranched alkanes of at least 4 members (excludes halogenated alkanes) is 1. The molecule has 3 atom stereocenters. The summed E-state index contributed by atoms with van der Waals surface area (Å²) in [6, 6.07) is 12.9. The third-order valence-electron chi connectivity index (χ3n) is 5.87. The van der Waals surface area contributed by atoms with E-state index < -0.39 is 0 Å². The zero-order valence-electron chi connectivity index (χ0n) is 16.9. The Morgan fingerprint density at radius 1 is 1.04 bits per heavy atom. The van der Waals surface area contributed by atoms with Crippen molar-refractivity contribution in [1.82, 2.24) is 0 Å². The molecule has 2 aromatic rings. The molecule has 0 saturated heterocycles. The van der Waals surface area contributed by atoms with Crippen LogP contribution in [0.15, 0.2) is 48.6 Å². The highest BCUT2D eigenvalue weighted by Crippen LogP contribution is 2.51. The molecule has 0 fully saturated rings. The van der Waals surface area contributed by atoms with Crippen molar-refractivity contribution >= 4 is 5.69 Å². The lowest BCUT2D eigenvalue weighted by Crippen LogP contribution is -2.29. The molecule has 4 nitrogen and oxygen atoms in total. The van der Waals surface area contributed by atoms with E-state index in [2.05, 4.69) is 54.7 Å². The Bertz CT molecular complexity index is 861. The number of nitrogens with one attached hydrogen (secondary N) is 1. The molecule has 2 aromatic carbocycles. The van der Waals surface area contributed by atoms with Crippen LogP contribution in [-0.2, 0) is 0 Å². The van der Waals surface area contributed by atoms with E-state index in [-0.39, 0.29) is 6.04 Å². The summed E-state index contributed by atoms with van der Waals surface area (Å²) >= 11 is 0. The standard InChI is InChI=1S/C24H29NO3/c1-4-5-13-28-17-10-11-21-20(15-17)18-7-6-8-19(18)24(25-21)16-9-12-22(26-2)23(14-16)27-3/h6-7,9-12,14-15,18-19,24-25H,4-5,8,13H2,1-3H3. The van der Waals surface area contributed by atoms with Crippen molar-refractivity contribution in [2.75, 3.05) is 26.1 Å². The number of hydrogen-bond donors (Lipinski definition) is 1. The first-order valence-corrected chi connectivity index (χ1v) is 10.2. The van der Waals surface area contributed by atoms with Gasteiger partial charge < -0.3 is 19.5 Å². The van der Waals surface area contributed by atoms with E-state index >= 15 is 0 Å². The molecule has 0 bridgehead atoms. The molecule has 4 heteroatoms. The molecular formula is C24H29NO3.